The molecule has 0 atom stereocenters. The number of imidazole rings is 1. The second-order valence-electron chi connectivity index (χ2n) is 4.15. The zero-order valence-electron chi connectivity index (χ0n) is 11.2. The van der Waals surface area contributed by atoms with Gasteiger partial charge in [-0.1, -0.05) is 0 Å². The van der Waals surface area contributed by atoms with Crippen LogP contribution >= 0.6 is 0 Å². The average molecular weight is 295 g/mol. The lowest BCUT2D eigenvalue weighted by Crippen LogP contribution is -2.26. The Morgan fingerprint density at radius 2 is 2.20 bits per heavy atom. The van der Waals surface area contributed by atoms with E-state index in [-0.39, 0.29) is 4.90 Å². The van der Waals surface area contributed by atoms with Crippen molar-refractivity contribution in [3.63, 3.8) is 0 Å². The van der Waals surface area contributed by atoms with E-state index in [1.807, 2.05) is 10.8 Å². The first kappa shape index (κ1) is 14.5. The molecule has 0 aliphatic rings. The largest absolute Gasteiger partial charge is 0.372 e. The summed E-state index contributed by atoms with van der Waals surface area (Å²) in [5.41, 5.74) is 0. The third-order valence-corrected chi connectivity index (χ3v) is 4.23. The first-order valence-corrected chi connectivity index (χ1v) is 7.70. The lowest BCUT2D eigenvalue weighted by molar-refractivity contribution is 0.570. The predicted molar refractivity (Wildman–Crippen MR) is 75.8 cm³/mol. The maximum Gasteiger partial charge on any atom is 0.244 e. The van der Waals surface area contributed by atoms with Gasteiger partial charge in [-0.15, -0.1) is 0 Å². The molecule has 0 amide bonds. The third-order valence-electron chi connectivity index (χ3n) is 2.74. The molecule has 0 saturated carbocycles. The second kappa shape index (κ2) is 6.49. The van der Waals surface area contributed by atoms with E-state index in [1.165, 1.54) is 6.07 Å². The van der Waals surface area contributed by atoms with Crippen LogP contribution in [0.15, 0.2) is 41.9 Å². The maximum absolute atomic E-state index is 12.2. The Balaban J connectivity index is 1.94. The number of rotatable bonds is 7. The van der Waals surface area contributed by atoms with Crippen molar-refractivity contribution in [2.24, 2.45) is 0 Å². The molecule has 0 radical (unpaired) electrons. The van der Waals surface area contributed by atoms with Crippen LogP contribution in [0, 0.1) is 0 Å². The van der Waals surface area contributed by atoms with Crippen LogP contribution in [0.25, 0.3) is 0 Å². The first-order valence-electron chi connectivity index (χ1n) is 6.21. The van der Waals surface area contributed by atoms with Gasteiger partial charge in [0.05, 0.1) is 6.33 Å². The summed E-state index contributed by atoms with van der Waals surface area (Å²) in [5.74, 6) is 0.342. The van der Waals surface area contributed by atoms with E-state index in [1.54, 1.807) is 31.8 Å². The van der Waals surface area contributed by atoms with Crippen LogP contribution < -0.4 is 10.0 Å². The molecule has 2 aromatic rings. The number of hydrogen-bond acceptors (Lipinski definition) is 5. The summed E-state index contributed by atoms with van der Waals surface area (Å²) in [7, 11) is -1.90. The van der Waals surface area contributed by atoms with Gasteiger partial charge in [-0.25, -0.2) is 23.1 Å². The van der Waals surface area contributed by atoms with Crippen molar-refractivity contribution in [2.45, 2.75) is 17.9 Å². The van der Waals surface area contributed by atoms with Gasteiger partial charge in [0.15, 0.2) is 0 Å². The van der Waals surface area contributed by atoms with Gasteiger partial charge in [-0.2, -0.15) is 0 Å². The highest BCUT2D eigenvalue weighted by molar-refractivity contribution is 7.89. The Hall–Kier alpha value is -1.93. The number of aromatic nitrogens is 3. The Bertz CT molecular complexity index is 640. The highest BCUT2D eigenvalue weighted by Crippen LogP contribution is 2.16. The van der Waals surface area contributed by atoms with Gasteiger partial charge in [0.1, 0.15) is 10.7 Å². The highest BCUT2D eigenvalue weighted by atomic mass is 32.2. The number of hydrogen-bond donors (Lipinski definition) is 2. The molecule has 8 heteroatoms. The van der Waals surface area contributed by atoms with Gasteiger partial charge in [0.25, 0.3) is 0 Å². The van der Waals surface area contributed by atoms with Crippen LogP contribution in [0.3, 0.4) is 0 Å². The van der Waals surface area contributed by atoms with Gasteiger partial charge in [0.2, 0.25) is 10.0 Å². The van der Waals surface area contributed by atoms with Crippen LogP contribution in [0.1, 0.15) is 6.42 Å². The topological polar surface area (TPSA) is 88.9 Å². The molecule has 108 valence electrons. The molecule has 2 rings (SSSR count). The molecule has 0 fully saturated rings. The third kappa shape index (κ3) is 3.55. The van der Waals surface area contributed by atoms with Gasteiger partial charge in [0, 0.05) is 38.7 Å². The summed E-state index contributed by atoms with van der Waals surface area (Å²) in [6.07, 6.45) is 7.47. The van der Waals surface area contributed by atoms with Crippen molar-refractivity contribution in [2.75, 3.05) is 18.9 Å². The summed E-state index contributed by atoms with van der Waals surface area (Å²) >= 11 is 0. The van der Waals surface area contributed by atoms with Crippen LogP contribution in [-0.2, 0) is 16.6 Å². The van der Waals surface area contributed by atoms with E-state index in [0.29, 0.717) is 25.3 Å². The normalized spacial score (nSPS) is 11.4. The SMILES string of the molecule is CNc1ncccc1S(=O)(=O)NCCCn1ccnc1. The number of sulfonamides is 1. The monoisotopic (exact) mass is 295 g/mol. The second-order valence-corrected chi connectivity index (χ2v) is 5.89. The zero-order valence-corrected chi connectivity index (χ0v) is 12.0. The molecule has 0 aliphatic heterocycles. The van der Waals surface area contributed by atoms with Gasteiger partial charge < -0.3 is 9.88 Å². The molecule has 2 N–H and O–H groups in total. The molecule has 0 aromatic carbocycles. The van der Waals surface area contributed by atoms with E-state index in [2.05, 4.69) is 20.0 Å². The molecule has 0 unspecified atom stereocenters. The quantitative estimate of drug-likeness (QED) is 0.734. The fraction of sp³-hybridized carbons (Fsp3) is 0.333. The molecular formula is C12H17N5O2S. The summed E-state index contributed by atoms with van der Waals surface area (Å²) in [5, 5.41) is 2.77. The van der Waals surface area contributed by atoms with Crippen molar-refractivity contribution in [3.8, 4) is 0 Å². The maximum atomic E-state index is 12.2. The average Bonchev–Trinajstić information content (AvgIpc) is 2.97. The lowest BCUT2D eigenvalue weighted by Gasteiger charge is -2.10. The number of anilines is 1. The molecule has 7 nitrogen and oxygen atoms in total. The summed E-state index contributed by atoms with van der Waals surface area (Å²) < 4.78 is 28.8. The molecule has 0 spiro atoms. The fourth-order valence-corrected chi connectivity index (χ4v) is 3.00. The van der Waals surface area contributed by atoms with Gasteiger partial charge in [-0.3, -0.25) is 0 Å². The van der Waals surface area contributed by atoms with E-state index >= 15 is 0 Å². The Morgan fingerprint density at radius 3 is 2.90 bits per heavy atom. The molecular weight excluding hydrogens is 278 g/mol. The smallest absolute Gasteiger partial charge is 0.244 e. The Morgan fingerprint density at radius 1 is 1.35 bits per heavy atom. The molecule has 0 bridgehead atoms. The summed E-state index contributed by atoms with van der Waals surface area (Å²) in [6.45, 7) is 1.08. The van der Waals surface area contributed by atoms with Crippen LogP contribution in [0.5, 0.6) is 0 Å². The highest BCUT2D eigenvalue weighted by Gasteiger charge is 2.17. The fourth-order valence-electron chi connectivity index (χ4n) is 1.76. The number of nitrogens with one attached hydrogen (secondary N) is 2. The molecule has 0 aliphatic carbocycles. The van der Waals surface area contributed by atoms with Gasteiger partial charge >= 0.3 is 0 Å². The van der Waals surface area contributed by atoms with Crippen LogP contribution in [-0.4, -0.2) is 36.5 Å². The first-order chi connectivity index (χ1) is 9.63. The van der Waals surface area contributed by atoms with Crippen molar-refractivity contribution in [3.05, 3.63) is 37.1 Å². The van der Waals surface area contributed by atoms with Crippen molar-refractivity contribution >= 4 is 15.8 Å². The Kier molecular flexibility index (Phi) is 4.70. The molecule has 2 heterocycles. The standard InChI is InChI=1S/C12H17N5O2S/c1-13-12-11(4-2-5-15-12)20(18,19)16-6-3-8-17-9-7-14-10-17/h2,4-5,7,9-10,16H,3,6,8H2,1H3,(H,13,15). The van der Waals surface area contributed by atoms with E-state index in [9.17, 15) is 8.42 Å². The van der Waals surface area contributed by atoms with Crippen molar-refractivity contribution in [1.82, 2.24) is 19.3 Å². The zero-order chi connectivity index (χ0) is 14.4. The van der Waals surface area contributed by atoms with Crippen LogP contribution in [0.2, 0.25) is 0 Å². The predicted octanol–water partition coefficient (Wildman–Crippen LogP) is 0.688. The van der Waals surface area contributed by atoms with E-state index in [4.69, 9.17) is 0 Å². The van der Waals surface area contributed by atoms with E-state index in [0.717, 1.165) is 0 Å². The lowest BCUT2D eigenvalue weighted by atomic mass is 10.4. The van der Waals surface area contributed by atoms with Crippen molar-refractivity contribution in [1.29, 1.82) is 0 Å². The van der Waals surface area contributed by atoms with Crippen molar-refractivity contribution < 1.29 is 8.42 Å². The molecule has 20 heavy (non-hydrogen) atoms. The summed E-state index contributed by atoms with van der Waals surface area (Å²) in [6, 6.07) is 3.12. The minimum atomic E-state index is -3.54. The number of aryl methyl sites for hydroxylation is 1. The Labute approximate surface area is 118 Å². The molecule has 2 aromatic heterocycles. The van der Waals surface area contributed by atoms with Crippen LogP contribution in [0.4, 0.5) is 5.82 Å². The number of pyridine rings is 1. The van der Waals surface area contributed by atoms with Gasteiger partial charge in [-0.05, 0) is 18.6 Å². The minimum absolute atomic E-state index is 0.158. The minimum Gasteiger partial charge on any atom is -0.372 e. The summed E-state index contributed by atoms with van der Waals surface area (Å²) in [4.78, 5) is 8.07. The molecule has 0 saturated heterocycles. The van der Waals surface area contributed by atoms with E-state index < -0.39 is 10.0 Å². The number of nitrogens with zero attached hydrogens (tertiary/aromatic N) is 3.